The van der Waals surface area contributed by atoms with Gasteiger partial charge in [0.25, 0.3) is 5.91 Å². The lowest BCUT2D eigenvalue weighted by Crippen LogP contribution is -2.49. The minimum Gasteiger partial charge on any atom is -0.480 e. The molecule has 1 rings (SSSR count). The van der Waals surface area contributed by atoms with Gasteiger partial charge in [-0.1, -0.05) is 0 Å². The van der Waals surface area contributed by atoms with Gasteiger partial charge in [-0.15, -0.1) is 0 Å². The second kappa shape index (κ2) is 5.30. The Hall–Kier alpha value is -1.10. The Morgan fingerprint density at radius 3 is 2.38 bits per heavy atom. The summed E-state index contributed by atoms with van der Waals surface area (Å²) in [6.07, 6.45) is 1.22. The molecule has 0 aliphatic heterocycles. The second-order valence-electron chi connectivity index (χ2n) is 4.09. The highest BCUT2D eigenvalue weighted by molar-refractivity contribution is 5.86. The van der Waals surface area contributed by atoms with Crippen LogP contribution in [0, 0.1) is 0 Å². The van der Waals surface area contributed by atoms with E-state index in [0.29, 0.717) is 6.61 Å². The molecule has 0 bridgehead atoms. The maximum atomic E-state index is 12.0. The molecule has 0 aromatic carbocycles. The predicted molar refractivity (Wildman–Crippen MR) is 58.1 cm³/mol. The van der Waals surface area contributed by atoms with Gasteiger partial charge in [0.1, 0.15) is 12.1 Å². The summed E-state index contributed by atoms with van der Waals surface area (Å²) in [5.41, 5.74) is 0. The molecule has 1 aliphatic rings. The van der Waals surface area contributed by atoms with Crippen LogP contribution in [-0.4, -0.2) is 46.7 Å². The fourth-order valence-corrected chi connectivity index (χ4v) is 1.69. The van der Waals surface area contributed by atoms with Gasteiger partial charge in [-0.3, -0.25) is 4.79 Å². The van der Waals surface area contributed by atoms with E-state index in [9.17, 15) is 9.59 Å². The first-order valence-corrected chi connectivity index (χ1v) is 5.65. The molecule has 1 N–H and O–H groups in total. The van der Waals surface area contributed by atoms with E-state index in [2.05, 4.69) is 0 Å². The second-order valence-corrected chi connectivity index (χ2v) is 4.09. The molecule has 1 saturated carbocycles. The monoisotopic (exact) mass is 229 g/mol. The van der Waals surface area contributed by atoms with Crippen LogP contribution in [0.4, 0.5) is 0 Å². The number of carbonyl (C=O) groups excluding carboxylic acids is 1. The molecular formula is C11H19NO4. The van der Waals surface area contributed by atoms with Crippen molar-refractivity contribution >= 4 is 11.9 Å². The van der Waals surface area contributed by atoms with E-state index in [1.165, 1.54) is 11.8 Å². The van der Waals surface area contributed by atoms with Crippen molar-refractivity contribution in [3.63, 3.8) is 0 Å². The van der Waals surface area contributed by atoms with E-state index < -0.39 is 18.1 Å². The largest absolute Gasteiger partial charge is 0.480 e. The van der Waals surface area contributed by atoms with Crippen LogP contribution in [0.5, 0.6) is 0 Å². The van der Waals surface area contributed by atoms with Crippen LogP contribution in [0.3, 0.4) is 0 Å². The van der Waals surface area contributed by atoms with Crippen molar-refractivity contribution in [1.82, 2.24) is 4.90 Å². The van der Waals surface area contributed by atoms with E-state index in [1.54, 1.807) is 6.92 Å². The molecule has 0 saturated heterocycles. The lowest BCUT2D eigenvalue weighted by Gasteiger charge is -2.28. The Morgan fingerprint density at radius 2 is 2.00 bits per heavy atom. The normalized spacial score (nSPS) is 18.9. The van der Waals surface area contributed by atoms with Crippen LogP contribution < -0.4 is 0 Å². The average molecular weight is 229 g/mol. The van der Waals surface area contributed by atoms with E-state index in [-0.39, 0.29) is 11.9 Å². The highest BCUT2D eigenvalue weighted by atomic mass is 16.5. The summed E-state index contributed by atoms with van der Waals surface area (Å²) in [4.78, 5) is 24.4. The van der Waals surface area contributed by atoms with Crippen LogP contribution in [0.1, 0.15) is 33.6 Å². The van der Waals surface area contributed by atoms with Crippen molar-refractivity contribution < 1.29 is 19.4 Å². The number of ether oxygens (including phenoxy) is 1. The first kappa shape index (κ1) is 13.0. The van der Waals surface area contributed by atoms with E-state index >= 15 is 0 Å². The number of carboxylic acid groups (broad SMARTS) is 1. The molecule has 5 nitrogen and oxygen atoms in total. The van der Waals surface area contributed by atoms with Crippen LogP contribution in [0.2, 0.25) is 0 Å². The van der Waals surface area contributed by atoms with Crippen LogP contribution in [0.15, 0.2) is 0 Å². The van der Waals surface area contributed by atoms with E-state index in [4.69, 9.17) is 9.84 Å². The summed E-state index contributed by atoms with van der Waals surface area (Å²) in [5.74, 6) is -1.19. The number of rotatable bonds is 6. The number of carbonyl (C=O) groups is 2. The third-order valence-corrected chi connectivity index (χ3v) is 2.73. The standard InChI is InChI=1S/C11H19NO4/c1-4-16-8(3)10(13)12(9-5-6-9)7(2)11(14)15/h7-9H,4-6H2,1-3H3,(H,14,15). The Bertz CT molecular complexity index is 275. The Labute approximate surface area is 95.4 Å². The van der Waals surface area contributed by atoms with E-state index in [1.807, 2.05) is 6.92 Å². The molecule has 0 aromatic heterocycles. The van der Waals surface area contributed by atoms with Crippen molar-refractivity contribution in [3.05, 3.63) is 0 Å². The number of carboxylic acids is 1. The predicted octanol–water partition coefficient (Wildman–Crippen LogP) is 0.876. The fraction of sp³-hybridized carbons (Fsp3) is 0.818. The SMILES string of the molecule is CCOC(C)C(=O)N(C1CC1)C(C)C(=O)O. The zero-order valence-electron chi connectivity index (χ0n) is 9.97. The quantitative estimate of drug-likeness (QED) is 0.734. The highest BCUT2D eigenvalue weighted by Gasteiger charge is 2.40. The molecule has 0 spiro atoms. The summed E-state index contributed by atoms with van der Waals surface area (Å²) in [6.45, 7) is 5.46. The molecular weight excluding hydrogens is 210 g/mol. The molecule has 2 atom stereocenters. The smallest absolute Gasteiger partial charge is 0.326 e. The maximum absolute atomic E-state index is 12.0. The zero-order valence-corrected chi connectivity index (χ0v) is 9.97. The Morgan fingerprint density at radius 1 is 1.44 bits per heavy atom. The lowest BCUT2D eigenvalue weighted by atomic mass is 10.2. The maximum Gasteiger partial charge on any atom is 0.326 e. The number of hydrogen-bond acceptors (Lipinski definition) is 3. The summed E-state index contributed by atoms with van der Waals surface area (Å²) < 4.78 is 5.21. The molecule has 1 fully saturated rings. The average Bonchev–Trinajstić information content (AvgIpc) is 3.02. The Kier molecular flexibility index (Phi) is 4.29. The summed E-state index contributed by atoms with van der Waals surface area (Å²) in [5, 5.41) is 8.95. The first-order valence-electron chi connectivity index (χ1n) is 5.65. The van der Waals surface area contributed by atoms with Crippen molar-refractivity contribution in [1.29, 1.82) is 0 Å². The summed E-state index contributed by atoms with van der Waals surface area (Å²) >= 11 is 0. The van der Waals surface area contributed by atoms with Crippen LogP contribution >= 0.6 is 0 Å². The van der Waals surface area contributed by atoms with Gasteiger partial charge in [0.2, 0.25) is 0 Å². The number of aliphatic carboxylic acids is 1. The molecule has 0 aromatic rings. The summed E-state index contributed by atoms with van der Waals surface area (Å²) in [7, 11) is 0. The lowest BCUT2D eigenvalue weighted by molar-refractivity contribution is -0.155. The van der Waals surface area contributed by atoms with Crippen LogP contribution in [0.25, 0.3) is 0 Å². The molecule has 1 amide bonds. The van der Waals surface area contributed by atoms with Gasteiger partial charge in [0.05, 0.1) is 0 Å². The van der Waals surface area contributed by atoms with Crippen molar-refractivity contribution in [2.45, 2.75) is 51.8 Å². The van der Waals surface area contributed by atoms with Gasteiger partial charge in [-0.05, 0) is 33.6 Å². The van der Waals surface area contributed by atoms with Crippen molar-refractivity contribution in [2.75, 3.05) is 6.61 Å². The first-order chi connectivity index (χ1) is 7.49. The summed E-state index contributed by atoms with van der Waals surface area (Å²) in [6, 6.07) is -0.690. The van der Waals surface area contributed by atoms with Gasteiger partial charge in [-0.25, -0.2) is 4.79 Å². The zero-order chi connectivity index (χ0) is 12.3. The van der Waals surface area contributed by atoms with Gasteiger partial charge >= 0.3 is 5.97 Å². The number of hydrogen-bond donors (Lipinski definition) is 1. The minimum absolute atomic E-state index is 0.0847. The molecule has 0 heterocycles. The number of amides is 1. The Balaban J connectivity index is 2.69. The van der Waals surface area contributed by atoms with Gasteiger partial charge in [0.15, 0.2) is 0 Å². The third kappa shape index (κ3) is 2.95. The molecule has 2 unspecified atom stereocenters. The van der Waals surface area contributed by atoms with Crippen LogP contribution in [-0.2, 0) is 14.3 Å². The minimum atomic E-state index is -0.969. The highest BCUT2D eigenvalue weighted by Crippen LogP contribution is 2.29. The van der Waals surface area contributed by atoms with E-state index in [0.717, 1.165) is 12.8 Å². The molecule has 5 heteroatoms. The van der Waals surface area contributed by atoms with Crippen molar-refractivity contribution in [2.24, 2.45) is 0 Å². The van der Waals surface area contributed by atoms with Gasteiger partial charge in [-0.2, -0.15) is 0 Å². The fourth-order valence-electron chi connectivity index (χ4n) is 1.69. The molecule has 16 heavy (non-hydrogen) atoms. The molecule has 1 aliphatic carbocycles. The van der Waals surface area contributed by atoms with Gasteiger partial charge < -0.3 is 14.7 Å². The topological polar surface area (TPSA) is 66.8 Å². The molecule has 0 radical (unpaired) electrons. The molecule has 92 valence electrons. The third-order valence-electron chi connectivity index (χ3n) is 2.73. The van der Waals surface area contributed by atoms with Crippen molar-refractivity contribution in [3.8, 4) is 0 Å². The number of nitrogens with zero attached hydrogens (tertiary/aromatic N) is 1. The van der Waals surface area contributed by atoms with Gasteiger partial charge in [0, 0.05) is 12.6 Å².